The summed E-state index contributed by atoms with van der Waals surface area (Å²) in [4.78, 5) is 11.4. The minimum Gasteiger partial charge on any atom is -0.515 e. The molecule has 3 rings (SSSR count). The molecule has 2 unspecified atom stereocenters. The second-order valence-corrected chi connectivity index (χ2v) is 3.92. The smallest absolute Gasteiger partial charge is 0.338 e. The average molecular weight is 202 g/mol. The topological polar surface area (TPSA) is 46.5 Å². The molecule has 0 amide bonds. The summed E-state index contributed by atoms with van der Waals surface area (Å²) in [5, 5.41) is 9.00. The van der Waals surface area contributed by atoms with E-state index in [-0.39, 0.29) is 18.0 Å². The van der Waals surface area contributed by atoms with E-state index in [0.29, 0.717) is 5.57 Å². The maximum absolute atomic E-state index is 11.4. The lowest BCUT2D eigenvalue weighted by Crippen LogP contribution is -2.03. The van der Waals surface area contributed by atoms with Gasteiger partial charge in [-0.1, -0.05) is 24.3 Å². The van der Waals surface area contributed by atoms with E-state index in [2.05, 4.69) is 0 Å². The Morgan fingerprint density at radius 1 is 1.40 bits per heavy atom. The van der Waals surface area contributed by atoms with Gasteiger partial charge in [-0.2, -0.15) is 0 Å². The lowest BCUT2D eigenvalue weighted by molar-refractivity contribution is -0.139. The van der Waals surface area contributed by atoms with Gasteiger partial charge < -0.3 is 9.84 Å². The number of aliphatic hydroxyl groups is 1. The molecule has 1 N–H and O–H groups in total. The number of hydrogen-bond donors (Lipinski definition) is 1. The Morgan fingerprint density at radius 3 is 3.00 bits per heavy atom. The number of ether oxygens (including phenoxy) is 1. The molecule has 1 aromatic rings. The van der Waals surface area contributed by atoms with Crippen LogP contribution in [0.25, 0.3) is 0 Å². The summed E-state index contributed by atoms with van der Waals surface area (Å²) >= 11 is 0. The predicted octanol–water partition coefficient (Wildman–Crippen LogP) is 1.90. The average Bonchev–Trinajstić information content (AvgIpc) is 2.72. The first kappa shape index (κ1) is 8.53. The predicted molar refractivity (Wildman–Crippen MR) is 53.2 cm³/mol. The number of benzene rings is 1. The van der Waals surface area contributed by atoms with Gasteiger partial charge in [-0.3, -0.25) is 0 Å². The molecule has 1 saturated heterocycles. The van der Waals surface area contributed by atoms with Crippen molar-refractivity contribution in [3.05, 3.63) is 47.2 Å². The van der Waals surface area contributed by atoms with Gasteiger partial charge in [0.25, 0.3) is 0 Å². The molecular weight excluding hydrogens is 192 g/mol. The van der Waals surface area contributed by atoms with Crippen molar-refractivity contribution in [2.24, 2.45) is 5.92 Å². The minimum absolute atomic E-state index is 0.0000926. The minimum atomic E-state index is -0.387. The van der Waals surface area contributed by atoms with Crippen molar-refractivity contribution in [1.29, 1.82) is 0 Å². The summed E-state index contributed by atoms with van der Waals surface area (Å²) in [6.45, 7) is 0. The first-order valence-corrected chi connectivity index (χ1v) is 4.94. The number of carbonyl (C=O) groups is 1. The highest BCUT2D eigenvalue weighted by Gasteiger charge is 2.45. The lowest BCUT2D eigenvalue weighted by atomic mass is 9.98. The first-order chi connectivity index (χ1) is 7.31. The fraction of sp³-hybridized carbons (Fsp3) is 0.250. The van der Waals surface area contributed by atoms with Crippen LogP contribution in [0.3, 0.4) is 0 Å². The standard InChI is InChI=1S/C12H10O3/c13-6-10-9-5-7-3-1-2-4-8(7)11(9)15-12(10)14/h1-4,6,9,11,13H,5H2/b10-6-. The van der Waals surface area contributed by atoms with Gasteiger partial charge in [-0.15, -0.1) is 0 Å². The summed E-state index contributed by atoms with van der Waals surface area (Å²) in [6, 6.07) is 7.93. The molecule has 1 aliphatic heterocycles. The van der Waals surface area contributed by atoms with Crippen molar-refractivity contribution in [3.63, 3.8) is 0 Å². The number of rotatable bonds is 0. The van der Waals surface area contributed by atoms with E-state index in [9.17, 15) is 4.79 Å². The van der Waals surface area contributed by atoms with Crippen LogP contribution in [0.4, 0.5) is 0 Å². The molecule has 0 saturated carbocycles. The van der Waals surface area contributed by atoms with E-state index in [1.54, 1.807) is 0 Å². The van der Waals surface area contributed by atoms with Gasteiger partial charge in [0.1, 0.15) is 6.10 Å². The van der Waals surface area contributed by atoms with Crippen LogP contribution in [-0.4, -0.2) is 11.1 Å². The Balaban J connectivity index is 2.08. The number of esters is 1. The molecule has 1 heterocycles. The molecule has 3 heteroatoms. The third kappa shape index (κ3) is 1.03. The van der Waals surface area contributed by atoms with Crippen molar-refractivity contribution in [2.75, 3.05) is 0 Å². The van der Waals surface area contributed by atoms with Crippen LogP contribution in [0.5, 0.6) is 0 Å². The summed E-state index contributed by atoms with van der Waals surface area (Å²) in [7, 11) is 0. The molecule has 2 atom stereocenters. The Labute approximate surface area is 87.0 Å². The number of hydrogen-bond acceptors (Lipinski definition) is 3. The van der Waals surface area contributed by atoms with Crippen molar-refractivity contribution in [2.45, 2.75) is 12.5 Å². The third-order valence-corrected chi connectivity index (χ3v) is 3.18. The quantitative estimate of drug-likeness (QED) is 0.397. The number of aliphatic hydroxyl groups excluding tert-OH is 1. The van der Waals surface area contributed by atoms with Crippen LogP contribution >= 0.6 is 0 Å². The summed E-state index contributed by atoms with van der Waals surface area (Å²) in [5.74, 6) is -0.387. The monoisotopic (exact) mass is 202 g/mol. The van der Waals surface area contributed by atoms with Crippen molar-refractivity contribution < 1.29 is 14.6 Å². The van der Waals surface area contributed by atoms with E-state index < -0.39 is 0 Å². The lowest BCUT2D eigenvalue weighted by Gasteiger charge is -2.07. The third-order valence-electron chi connectivity index (χ3n) is 3.18. The van der Waals surface area contributed by atoms with Gasteiger partial charge in [0, 0.05) is 5.92 Å². The van der Waals surface area contributed by atoms with Gasteiger partial charge in [-0.25, -0.2) is 4.79 Å². The van der Waals surface area contributed by atoms with Crippen LogP contribution < -0.4 is 0 Å². The van der Waals surface area contributed by atoms with Gasteiger partial charge in [0.05, 0.1) is 11.8 Å². The molecule has 2 aliphatic rings. The van der Waals surface area contributed by atoms with E-state index in [0.717, 1.165) is 18.2 Å². The summed E-state index contributed by atoms with van der Waals surface area (Å²) in [6.07, 6.45) is 1.48. The normalized spacial score (nSPS) is 30.1. The highest BCUT2D eigenvalue weighted by Crippen LogP contribution is 2.47. The van der Waals surface area contributed by atoms with Crippen molar-refractivity contribution in [3.8, 4) is 0 Å². The molecule has 0 spiro atoms. The van der Waals surface area contributed by atoms with Gasteiger partial charge in [-0.05, 0) is 17.5 Å². The van der Waals surface area contributed by atoms with Crippen LogP contribution in [0.2, 0.25) is 0 Å². The van der Waals surface area contributed by atoms with Gasteiger partial charge in [0.15, 0.2) is 0 Å². The highest BCUT2D eigenvalue weighted by atomic mass is 16.6. The maximum atomic E-state index is 11.4. The number of carbonyl (C=O) groups excluding carboxylic acids is 1. The molecule has 0 radical (unpaired) electrons. The van der Waals surface area contributed by atoms with Gasteiger partial charge in [0.2, 0.25) is 0 Å². The Kier molecular flexibility index (Phi) is 1.63. The molecule has 0 aromatic heterocycles. The van der Waals surface area contributed by atoms with Crippen molar-refractivity contribution >= 4 is 5.97 Å². The zero-order chi connectivity index (χ0) is 10.4. The fourth-order valence-electron chi connectivity index (χ4n) is 2.46. The molecule has 1 fully saturated rings. The molecule has 3 nitrogen and oxygen atoms in total. The van der Waals surface area contributed by atoms with Crippen LogP contribution in [-0.2, 0) is 16.0 Å². The molecular formula is C12H10O3. The van der Waals surface area contributed by atoms with Crippen molar-refractivity contribution in [1.82, 2.24) is 0 Å². The second kappa shape index (κ2) is 2.86. The fourth-order valence-corrected chi connectivity index (χ4v) is 2.46. The van der Waals surface area contributed by atoms with Crippen LogP contribution in [0, 0.1) is 5.92 Å². The highest BCUT2D eigenvalue weighted by molar-refractivity contribution is 5.91. The Morgan fingerprint density at radius 2 is 2.20 bits per heavy atom. The largest absolute Gasteiger partial charge is 0.515 e. The zero-order valence-corrected chi connectivity index (χ0v) is 8.01. The van der Waals surface area contributed by atoms with E-state index in [4.69, 9.17) is 9.84 Å². The molecule has 1 aromatic carbocycles. The summed E-state index contributed by atoms with van der Waals surface area (Å²) < 4.78 is 5.25. The maximum Gasteiger partial charge on any atom is 0.338 e. The van der Waals surface area contributed by atoms with Crippen LogP contribution in [0.1, 0.15) is 17.2 Å². The molecule has 76 valence electrons. The second-order valence-electron chi connectivity index (χ2n) is 3.92. The molecule has 1 aliphatic carbocycles. The molecule has 0 bridgehead atoms. The van der Waals surface area contributed by atoms with E-state index in [1.165, 1.54) is 5.56 Å². The van der Waals surface area contributed by atoms with E-state index >= 15 is 0 Å². The van der Waals surface area contributed by atoms with Crippen LogP contribution in [0.15, 0.2) is 36.1 Å². The van der Waals surface area contributed by atoms with E-state index in [1.807, 2.05) is 24.3 Å². The van der Waals surface area contributed by atoms with Gasteiger partial charge >= 0.3 is 5.97 Å². The SMILES string of the molecule is O=C1OC2c3ccccc3CC2/C1=C/O. The zero-order valence-electron chi connectivity index (χ0n) is 8.01. The number of fused-ring (bicyclic) bond motifs is 3. The first-order valence-electron chi connectivity index (χ1n) is 4.94. The Bertz CT molecular complexity index is 462. The molecule has 15 heavy (non-hydrogen) atoms. The Hall–Kier alpha value is -1.77. The summed E-state index contributed by atoms with van der Waals surface area (Å²) in [5.41, 5.74) is 2.68.